The van der Waals surface area contributed by atoms with Crippen LogP contribution in [0.15, 0.2) is 54.7 Å². The second kappa shape index (κ2) is 7.11. The number of hydrogen-bond donors (Lipinski definition) is 2. The van der Waals surface area contributed by atoms with Crippen LogP contribution in [-0.4, -0.2) is 45.7 Å². The van der Waals surface area contributed by atoms with Gasteiger partial charge in [0.1, 0.15) is 5.60 Å². The Balaban J connectivity index is 1.90. The minimum atomic E-state index is -1.26. The molecule has 0 radical (unpaired) electrons. The predicted molar refractivity (Wildman–Crippen MR) is 90.5 cm³/mol. The van der Waals surface area contributed by atoms with Gasteiger partial charge in [0.25, 0.3) is 0 Å². The number of piperidine rings is 1. The van der Waals surface area contributed by atoms with Gasteiger partial charge < -0.3 is 10.2 Å². The van der Waals surface area contributed by atoms with E-state index in [1.165, 1.54) is 0 Å². The first-order valence-corrected chi connectivity index (χ1v) is 8.24. The van der Waals surface area contributed by atoms with Gasteiger partial charge in [-0.25, -0.2) is 0 Å². The van der Waals surface area contributed by atoms with Gasteiger partial charge in [-0.15, -0.1) is 0 Å². The first-order chi connectivity index (χ1) is 11.6. The Morgan fingerprint density at radius 3 is 2.62 bits per heavy atom. The van der Waals surface area contributed by atoms with E-state index in [1.54, 1.807) is 6.20 Å². The third-order valence-electron chi connectivity index (χ3n) is 4.65. The minimum Gasteiger partial charge on any atom is -0.481 e. The maximum absolute atomic E-state index is 11.5. The third kappa shape index (κ3) is 3.47. The number of pyridine rings is 1. The summed E-state index contributed by atoms with van der Waals surface area (Å²) in [5.74, 6) is -1.14. The predicted octanol–water partition coefficient (Wildman–Crippen LogP) is 2.11. The molecule has 0 bridgehead atoms. The molecule has 2 unspecified atom stereocenters. The largest absolute Gasteiger partial charge is 0.481 e. The Hall–Kier alpha value is -2.24. The molecule has 1 saturated heterocycles. The number of aliphatic carboxylic acids is 1. The lowest BCUT2D eigenvalue weighted by Gasteiger charge is -2.37. The van der Waals surface area contributed by atoms with Crippen LogP contribution in [0.1, 0.15) is 24.1 Å². The Labute approximate surface area is 141 Å². The van der Waals surface area contributed by atoms with E-state index < -0.39 is 11.6 Å². The van der Waals surface area contributed by atoms with Crippen molar-refractivity contribution in [2.75, 3.05) is 19.6 Å². The van der Waals surface area contributed by atoms with Gasteiger partial charge in [0, 0.05) is 19.3 Å². The molecule has 126 valence electrons. The fourth-order valence-corrected chi connectivity index (χ4v) is 3.37. The summed E-state index contributed by atoms with van der Waals surface area (Å²) < 4.78 is 0. The van der Waals surface area contributed by atoms with Crippen LogP contribution in [0.2, 0.25) is 0 Å². The number of carboxylic acids is 1. The Bertz CT molecular complexity index is 636. The molecular weight excluding hydrogens is 304 g/mol. The fraction of sp³-hybridized carbons (Fsp3) is 0.368. The number of hydrogen-bond acceptors (Lipinski definition) is 4. The highest BCUT2D eigenvalue weighted by molar-refractivity contribution is 5.70. The van der Waals surface area contributed by atoms with Crippen LogP contribution in [0.3, 0.4) is 0 Å². The molecule has 5 heteroatoms. The summed E-state index contributed by atoms with van der Waals surface area (Å²) in [6, 6.07) is 14.9. The molecule has 0 spiro atoms. The molecule has 1 aliphatic rings. The molecular formula is C19H22N2O3. The summed E-state index contributed by atoms with van der Waals surface area (Å²) in [6.07, 6.45) is 3.18. The fourth-order valence-electron chi connectivity index (χ4n) is 3.37. The van der Waals surface area contributed by atoms with E-state index in [4.69, 9.17) is 0 Å². The van der Waals surface area contributed by atoms with Crippen molar-refractivity contribution < 1.29 is 15.0 Å². The molecule has 1 aromatic heterocycles. The zero-order valence-electron chi connectivity index (χ0n) is 13.5. The van der Waals surface area contributed by atoms with Crippen LogP contribution in [-0.2, 0) is 10.4 Å². The van der Waals surface area contributed by atoms with Crippen molar-refractivity contribution in [2.45, 2.75) is 18.4 Å². The zero-order chi connectivity index (χ0) is 17.0. The molecule has 2 N–H and O–H groups in total. The summed E-state index contributed by atoms with van der Waals surface area (Å²) >= 11 is 0. The number of aliphatic hydroxyl groups is 1. The highest BCUT2D eigenvalue weighted by Crippen LogP contribution is 2.30. The lowest BCUT2D eigenvalue weighted by Crippen LogP contribution is -2.47. The van der Waals surface area contributed by atoms with Crippen molar-refractivity contribution in [3.8, 4) is 0 Å². The molecule has 2 aromatic rings. The molecule has 24 heavy (non-hydrogen) atoms. The number of carboxylic acid groups (broad SMARTS) is 1. The van der Waals surface area contributed by atoms with Crippen LogP contribution in [0, 0.1) is 5.92 Å². The Morgan fingerprint density at radius 1 is 1.21 bits per heavy atom. The van der Waals surface area contributed by atoms with E-state index in [9.17, 15) is 15.0 Å². The minimum absolute atomic E-state index is 0.331. The molecule has 3 rings (SSSR count). The van der Waals surface area contributed by atoms with E-state index in [0.29, 0.717) is 25.2 Å². The third-order valence-corrected chi connectivity index (χ3v) is 4.65. The van der Waals surface area contributed by atoms with E-state index in [1.807, 2.05) is 53.4 Å². The quantitative estimate of drug-likeness (QED) is 0.880. The Kier molecular flexibility index (Phi) is 4.92. The Morgan fingerprint density at radius 2 is 1.96 bits per heavy atom. The van der Waals surface area contributed by atoms with Crippen LogP contribution in [0.4, 0.5) is 0 Å². The van der Waals surface area contributed by atoms with Crippen LogP contribution in [0.25, 0.3) is 0 Å². The van der Waals surface area contributed by atoms with E-state index in [0.717, 1.165) is 18.5 Å². The van der Waals surface area contributed by atoms with Gasteiger partial charge in [0.05, 0.1) is 11.6 Å². The molecule has 0 amide bonds. The lowest BCUT2D eigenvalue weighted by atomic mass is 9.87. The molecule has 1 fully saturated rings. The molecule has 1 aromatic carbocycles. The van der Waals surface area contributed by atoms with Crippen molar-refractivity contribution in [3.63, 3.8) is 0 Å². The SMILES string of the molecule is O=C(O)C1CCCN(CC(O)(c2ccccc2)c2ccccn2)C1. The maximum atomic E-state index is 11.5. The van der Waals surface area contributed by atoms with Gasteiger partial charge in [0.2, 0.25) is 0 Å². The summed E-state index contributed by atoms with van der Waals surface area (Å²) in [5, 5.41) is 20.8. The summed E-state index contributed by atoms with van der Waals surface area (Å²) in [7, 11) is 0. The maximum Gasteiger partial charge on any atom is 0.307 e. The first-order valence-electron chi connectivity index (χ1n) is 8.24. The molecule has 1 aliphatic heterocycles. The van der Waals surface area contributed by atoms with Crippen molar-refractivity contribution >= 4 is 5.97 Å². The molecule has 0 saturated carbocycles. The van der Waals surface area contributed by atoms with Crippen molar-refractivity contribution in [1.82, 2.24) is 9.88 Å². The van der Waals surface area contributed by atoms with Gasteiger partial charge in [-0.1, -0.05) is 36.4 Å². The monoisotopic (exact) mass is 326 g/mol. The highest BCUT2D eigenvalue weighted by Gasteiger charge is 2.37. The average molecular weight is 326 g/mol. The second-order valence-electron chi connectivity index (χ2n) is 6.35. The zero-order valence-corrected chi connectivity index (χ0v) is 13.5. The summed E-state index contributed by atoms with van der Waals surface area (Å²) in [4.78, 5) is 17.7. The van der Waals surface area contributed by atoms with E-state index in [-0.39, 0.29) is 5.92 Å². The normalized spacial score (nSPS) is 21.1. The van der Waals surface area contributed by atoms with Gasteiger partial charge >= 0.3 is 5.97 Å². The van der Waals surface area contributed by atoms with Crippen LogP contribution < -0.4 is 0 Å². The van der Waals surface area contributed by atoms with Gasteiger partial charge in [-0.3, -0.25) is 14.7 Å². The standard InChI is InChI=1S/C19H22N2O3/c22-18(23)15-7-6-12-21(13-15)14-19(24,16-8-2-1-3-9-16)17-10-4-5-11-20-17/h1-5,8-11,15,24H,6-7,12-14H2,(H,22,23). The van der Waals surface area contributed by atoms with E-state index >= 15 is 0 Å². The molecule has 2 atom stereocenters. The number of likely N-dealkylation sites (tertiary alicyclic amines) is 1. The molecule has 0 aliphatic carbocycles. The second-order valence-corrected chi connectivity index (χ2v) is 6.35. The summed E-state index contributed by atoms with van der Waals surface area (Å²) in [6.45, 7) is 1.57. The van der Waals surface area contributed by atoms with Gasteiger partial charge in [0.15, 0.2) is 0 Å². The molecule has 2 heterocycles. The number of rotatable bonds is 5. The van der Waals surface area contributed by atoms with Crippen LogP contribution in [0.5, 0.6) is 0 Å². The topological polar surface area (TPSA) is 73.7 Å². The lowest BCUT2D eigenvalue weighted by molar-refractivity contribution is -0.144. The van der Waals surface area contributed by atoms with Gasteiger partial charge in [-0.2, -0.15) is 0 Å². The van der Waals surface area contributed by atoms with Crippen molar-refractivity contribution in [2.24, 2.45) is 5.92 Å². The number of aromatic nitrogens is 1. The van der Waals surface area contributed by atoms with E-state index in [2.05, 4.69) is 4.98 Å². The smallest absolute Gasteiger partial charge is 0.307 e. The number of nitrogens with zero attached hydrogens (tertiary/aromatic N) is 2. The number of carbonyl (C=O) groups is 1. The van der Waals surface area contributed by atoms with Crippen molar-refractivity contribution in [3.05, 3.63) is 66.0 Å². The highest BCUT2D eigenvalue weighted by atomic mass is 16.4. The van der Waals surface area contributed by atoms with Crippen LogP contribution >= 0.6 is 0 Å². The number of β-amino-alcohol motifs (C(OH)–C–C–N with tert-alkyl or cyclic N) is 1. The van der Waals surface area contributed by atoms with Gasteiger partial charge in [-0.05, 0) is 37.1 Å². The van der Waals surface area contributed by atoms with Crippen molar-refractivity contribution in [1.29, 1.82) is 0 Å². The average Bonchev–Trinajstić information content (AvgIpc) is 2.63. The number of benzene rings is 1. The first kappa shape index (κ1) is 16.6. The summed E-state index contributed by atoms with van der Waals surface area (Å²) in [5.41, 5.74) is 0.0814. The molecule has 5 nitrogen and oxygen atoms in total.